The van der Waals surface area contributed by atoms with Crippen LogP contribution in [0.5, 0.6) is 0 Å². The standard InChI is InChI=1S/C15H28N2O/c1-2-17(12-14-4-3-5-14)15(18)7-6-13-8-10-16-11-9-13/h13-14,16H,2-12H2,1H3. The van der Waals surface area contributed by atoms with E-state index in [-0.39, 0.29) is 0 Å². The van der Waals surface area contributed by atoms with E-state index in [9.17, 15) is 4.79 Å². The highest BCUT2D eigenvalue weighted by Gasteiger charge is 2.23. The zero-order valence-corrected chi connectivity index (χ0v) is 11.8. The summed E-state index contributed by atoms with van der Waals surface area (Å²) in [6.45, 7) is 6.29. The van der Waals surface area contributed by atoms with Crippen LogP contribution in [0.3, 0.4) is 0 Å². The molecule has 0 radical (unpaired) electrons. The van der Waals surface area contributed by atoms with Crippen LogP contribution in [0.4, 0.5) is 0 Å². The molecule has 0 unspecified atom stereocenters. The third-order valence-corrected chi connectivity index (χ3v) is 4.66. The molecule has 18 heavy (non-hydrogen) atoms. The van der Waals surface area contributed by atoms with Gasteiger partial charge in [-0.05, 0) is 64.0 Å². The Kier molecular flexibility index (Phi) is 5.48. The first-order valence-corrected chi connectivity index (χ1v) is 7.78. The van der Waals surface area contributed by atoms with E-state index in [0.717, 1.165) is 50.9 Å². The van der Waals surface area contributed by atoms with E-state index in [1.807, 2.05) is 0 Å². The largest absolute Gasteiger partial charge is 0.343 e. The third kappa shape index (κ3) is 3.98. The van der Waals surface area contributed by atoms with Crippen LogP contribution >= 0.6 is 0 Å². The molecule has 0 aromatic carbocycles. The number of hydrogen-bond donors (Lipinski definition) is 1. The number of amides is 1. The van der Waals surface area contributed by atoms with E-state index >= 15 is 0 Å². The second-order valence-corrected chi connectivity index (χ2v) is 5.96. The van der Waals surface area contributed by atoms with Gasteiger partial charge in [0.05, 0.1) is 0 Å². The van der Waals surface area contributed by atoms with E-state index in [1.54, 1.807) is 0 Å². The molecule has 0 aromatic heterocycles. The Balaban J connectivity index is 1.67. The van der Waals surface area contributed by atoms with Crippen LogP contribution in [-0.4, -0.2) is 37.0 Å². The Bertz CT molecular complexity index is 257. The monoisotopic (exact) mass is 252 g/mol. The zero-order valence-electron chi connectivity index (χ0n) is 11.8. The van der Waals surface area contributed by atoms with Crippen LogP contribution < -0.4 is 5.32 Å². The highest BCUT2D eigenvalue weighted by molar-refractivity contribution is 5.76. The van der Waals surface area contributed by atoms with Gasteiger partial charge in [-0.15, -0.1) is 0 Å². The minimum atomic E-state index is 0.392. The molecule has 1 aliphatic heterocycles. The molecular weight excluding hydrogens is 224 g/mol. The summed E-state index contributed by atoms with van der Waals surface area (Å²) in [4.78, 5) is 14.3. The summed E-state index contributed by atoms with van der Waals surface area (Å²) in [7, 11) is 0. The van der Waals surface area contributed by atoms with E-state index in [2.05, 4.69) is 17.1 Å². The van der Waals surface area contributed by atoms with Gasteiger partial charge in [-0.1, -0.05) is 6.42 Å². The Hall–Kier alpha value is -0.570. The molecule has 2 aliphatic rings. The Morgan fingerprint density at radius 3 is 2.44 bits per heavy atom. The average molecular weight is 252 g/mol. The van der Waals surface area contributed by atoms with Gasteiger partial charge in [0.2, 0.25) is 5.91 Å². The van der Waals surface area contributed by atoms with Crippen molar-refractivity contribution < 1.29 is 4.79 Å². The molecule has 0 atom stereocenters. The molecular formula is C15H28N2O. The molecule has 1 N–H and O–H groups in total. The molecule has 3 heteroatoms. The van der Waals surface area contributed by atoms with Gasteiger partial charge in [-0.3, -0.25) is 4.79 Å². The van der Waals surface area contributed by atoms with Crippen LogP contribution in [0.2, 0.25) is 0 Å². The van der Waals surface area contributed by atoms with Crippen LogP contribution in [0.15, 0.2) is 0 Å². The van der Waals surface area contributed by atoms with Crippen molar-refractivity contribution in [3.05, 3.63) is 0 Å². The molecule has 2 fully saturated rings. The van der Waals surface area contributed by atoms with Crippen molar-refractivity contribution in [2.75, 3.05) is 26.2 Å². The first-order chi connectivity index (χ1) is 8.79. The quantitative estimate of drug-likeness (QED) is 0.787. The van der Waals surface area contributed by atoms with Gasteiger partial charge in [-0.25, -0.2) is 0 Å². The van der Waals surface area contributed by atoms with Crippen LogP contribution in [0.25, 0.3) is 0 Å². The molecule has 1 saturated heterocycles. The fourth-order valence-corrected chi connectivity index (χ4v) is 3.05. The van der Waals surface area contributed by atoms with E-state index < -0.39 is 0 Å². The molecule has 0 aromatic rings. The lowest BCUT2D eigenvalue weighted by molar-refractivity contribution is -0.132. The molecule has 0 spiro atoms. The topological polar surface area (TPSA) is 32.3 Å². The van der Waals surface area contributed by atoms with Crippen molar-refractivity contribution in [2.24, 2.45) is 11.8 Å². The lowest BCUT2D eigenvalue weighted by Gasteiger charge is -2.32. The van der Waals surface area contributed by atoms with Crippen molar-refractivity contribution in [2.45, 2.75) is 51.9 Å². The van der Waals surface area contributed by atoms with Gasteiger partial charge in [0.15, 0.2) is 0 Å². The number of hydrogen-bond acceptors (Lipinski definition) is 2. The predicted octanol–water partition coefficient (Wildman–Crippen LogP) is 2.41. The fourth-order valence-electron chi connectivity index (χ4n) is 3.05. The second-order valence-electron chi connectivity index (χ2n) is 5.96. The summed E-state index contributed by atoms with van der Waals surface area (Å²) >= 11 is 0. The highest BCUT2D eigenvalue weighted by atomic mass is 16.2. The maximum Gasteiger partial charge on any atom is 0.222 e. The molecule has 104 valence electrons. The summed E-state index contributed by atoms with van der Waals surface area (Å²) in [5.41, 5.74) is 0. The molecule has 1 amide bonds. The minimum Gasteiger partial charge on any atom is -0.343 e. The van der Waals surface area contributed by atoms with Gasteiger partial charge >= 0.3 is 0 Å². The Morgan fingerprint density at radius 2 is 1.89 bits per heavy atom. The van der Waals surface area contributed by atoms with Crippen LogP contribution in [-0.2, 0) is 4.79 Å². The summed E-state index contributed by atoms with van der Waals surface area (Å²) in [6.07, 6.45) is 8.40. The summed E-state index contributed by atoms with van der Waals surface area (Å²) in [6, 6.07) is 0. The molecule has 1 aliphatic carbocycles. The normalized spacial score (nSPS) is 21.6. The maximum absolute atomic E-state index is 12.2. The molecule has 1 saturated carbocycles. The number of rotatable bonds is 6. The van der Waals surface area contributed by atoms with Gasteiger partial charge in [0.25, 0.3) is 0 Å². The summed E-state index contributed by atoms with van der Waals surface area (Å²) in [5, 5.41) is 3.38. The predicted molar refractivity (Wildman–Crippen MR) is 74.4 cm³/mol. The van der Waals surface area contributed by atoms with Crippen LogP contribution in [0.1, 0.15) is 51.9 Å². The Labute approximate surface area is 111 Å². The summed E-state index contributed by atoms with van der Waals surface area (Å²) in [5.74, 6) is 1.97. The van der Waals surface area contributed by atoms with Crippen molar-refractivity contribution in [1.82, 2.24) is 10.2 Å². The van der Waals surface area contributed by atoms with Gasteiger partial charge < -0.3 is 10.2 Å². The lowest BCUT2D eigenvalue weighted by atomic mass is 9.85. The number of carbonyl (C=O) groups is 1. The van der Waals surface area contributed by atoms with E-state index in [0.29, 0.717) is 5.91 Å². The average Bonchev–Trinajstić information content (AvgIpc) is 2.36. The molecule has 2 rings (SSSR count). The zero-order chi connectivity index (χ0) is 12.8. The maximum atomic E-state index is 12.2. The molecule has 1 heterocycles. The van der Waals surface area contributed by atoms with Crippen molar-refractivity contribution in [3.8, 4) is 0 Å². The minimum absolute atomic E-state index is 0.392. The van der Waals surface area contributed by atoms with E-state index in [1.165, 1.54) is 32.1 Å². The first kappa shape index (κ1) is 13.9. The highest BCUT2D eigenvalue weighted by Crippen LogP contribution is 2.27. The fraction of sp³-hybridized carbons (Fsp3) is 0.933. The SMILES string of the molecule is CCN(CC1CCC1)C(=O)CCC1CCNCC1. The molecule has 0 bridgehead atoms. The Morgan fingerprint density at radius 1 is 1.17 bits per heavy atom. The van der Waals surface area contributed by atoms with Gasteiger partial charge in [0, 0.05) is 19.5 Å². The molecule has 3 nitrogen and oxygen atoms in total. The van der Waals surface area contributed by atoms with Crippen molar-refractivity contribution in [3.63, 3.8) is 0 Å². The lowest BCUT2D eigenvalue weighted by Crippen LogP contribution is -2.37. The number of piperidine rings is 1. The number of carbonyl (C=O) groups excluding carboxylic acids is 1. The smallest absolute Gasteiger partial charge is 0.222 e. The van der Waals surface area contributed by atoms with Crippen molar-refractivity contribution >= 4 is 5.91 Å². The van der Waals surface area contributed by atoms with Gasteiger partial charge in [-0.2, -0.15) is 0 Å². The van der Waals surface area contributed by atoms with Crippen LogP contribution in [0, 0.1) is 11.8 Å². The number of nitrogens with zero attached hydrogens (tertiary/aromatic N) is 1. The number of nitrogens with one attached hydrogen (secondary N) is 1. The summed E-state index contributed by atoms with van der Waals surface area (Å²) < 4.78 is 0. The van der Waals surface area contributed by atoms with Crippen molar-refractivity contribution in [1.29, 1.82) is 0 Å². The first-order valence-electron chi connectivity index (χ1n) is 7.78. The van der Waals surface area contributed by atoms with E-state index in [4.69, 9.17) is 0 Å². The van der Waals surface area contributed by atoms with Gasteiger partial charge in [0.1, 0.15) is 0 Å². The second kappa shape index (κ2) is 7.13. The third-order valence-electron chi connectivity index (χ3n) is 4.66.